The van der Waals surface area contributed by atoms with Crippen LogP contribution < -0.4 is 9.64 Å². The van der Waals surface area contributed by atoms with E-state index >= 15 is 0 Å². The number of sulfone groups is 1. The Kier molecular flexibility index (Phi) is 5.53. The van der Waals surface area contributed by atoms with Crippen molar-refractivity contribution < 1.29 is 13.2 Å². The van der Waals surface area contributed by atoms with Crippen LogP contribution in [0.25, 0.3) is 0 Å². The molecule has 2 aromatic carbocycles. The van der Waals surface area contributed by atoms with Gasteiger partial charge in [0.1, 0.15) is 5.75 Å². The van der Waals surface area contributed by atoms with Crippen LogP contribution in [0.1, 0.15) is 5.56 Å². The summed E-state index contributed by atoms with van der Waals surface area (Å²) in [4.78, 5) is 6.70. The van der Waals surface area contributed by atoms with E-state index in [2.05, 4.69) is 0 Å². The molecule has 2 aliphatic heterocycles. The highest BCUT2D eigenvalue weighted by Crippen LogP contribution is 2.38. The average molecular weight is 457 g/mol. The zero-order valence-corrected chi connectivity index (χ0v) is 18.2. The van der Waals surface area contributed by atoms with Gasteiger partial charge in [-0.1, -0.05) is 47.1 Å². The summed E-state index contributed by atoms with van der Waals surface area (Å²) in [6.45, 7) is 0. The van der Waals surface area contributed by atoms with Crippen LogP contribution in [0, 0.1) is 0 Å². The molecule has 4 rings (SSSR count). The summed E-state index contributed by atoms with van der Waals surface area (Å²) >= 11 is 14.0. The van der Waals surface area contributed by atoms with E-state index in [0.29, 0.717) is 15.8 Å². The van der Waals surface area contributed by atoms with E-state index < -0.39 is 9.84 Å². The second-order valence-corrected chi connectivity index (χ2v) is 10.7. The number of anilines is 1. The Hall–Kier alpha value is -1.41. The first-order valence-corrected chi connectivity index (χ1v) is 12.2. The second kappa shape index (κ2) is 7.78. The summed E-state index contributed by atoms with van der Waals surface area (Å²) in [6.07, 6.45) is 0. The maximum Gasteiger partial charge on any atom is 0.164 e. The number of rotatable bonds is 4. The highest BCUT2D eigenvalue weighted by molar-refractivity contribution is 8.13. The lowest BCUT2D eigenvalue weighted by molar-refractivity contribution is 0.414. The van der Waals surface area contributed by atoms with Gasteiger partial charge in [-0.25, -0.2) is 8.42 Å². The lowest BCUT2D eigenvalue weighted by atomic mass is 10.1. The lowest BCUT2D eigenvalue weighted by Crippen LogP contribution is -2.39. The number of halogens is 2. The molecule has 0 spiro atoms. The Labute approximate surface area is 178 Å². The molecule has 2 aliphatic rings. The van der Waals surface area contributed by atoms with Crippen LogP contribution in [-0.2, 0) is 15.6 Å². The van der Waals surface area contributed by atoms with Crippen molar-refractivity contribution in [2.24, 2.45) is 4.99 Å². The van der Waals surface area contributed by atoms with Gasteiger partial charge in [0.2, 0.25) is 0 Å². The molecule has 0 N–H and O–H groups in total. The van der Waals surface area contributed by atoms with Gasteiger partial charge in [0.05, 0.1) is 30.7 Å². The zero-order chi connectivity index (χ0) is 19.9. The van der Waals surface area contributed by atoms with Gasteiger partial charge in [0, 0.05) is 21.5 Å². The smallest absolute Gasteiger partial charge is 0.164 e. The van der Waals surface area contributed by atoms with E-state index in [0.717, 1.165) is 22.2 Å². The van der Waals surface area contributed by atoms with Crippen molar-refractivity contribution in [3.63, 3.8) is 0 Å². The third-order valence-corrected chi connectivity index (χ3v) is 7.93. The third kappa shape index (κ3) is 4.13. The number of hydrogen-bond donors (Lipinski definition) is 0. The number of aliphatic imine (C=N–C) groups is 1. The summed E-state index contributed by atoms with van der Waals surface area (Å²) < 4.78 is 29.5. The molecule has 2 aromatic rings. The Morgan fingerprint density at radius 3 is 2.46 bits per heavy atom. The van der Waals surface area contributed by atoms with Crippen molar-refractivity contribution in [1.82, 2.24) is 0 Å². The summed E-state index contributed by atoms with van der Waals surface area (Å²) in [5, 5.41) is 1.80. The molecular weight excluding hydrogens is 439 g/mol. The summed E-state index contributed by atoms with van der Waals surface area (Å²) in [6, 6.07) is 12.6. The Balaban J connectivity index is 1.61. The lowest BCUT2D eigenvalue weighted by Gasteiger charge is -2.27. The highest BCUT2D eigenvalue weighted by Gasteiger charge is 2.47. The molecule has 5 nitrogen and oxygen atoms in total. The van der Waals surface area contributed by atoms with Gasteiger partial charge in [-0.3, -0.25) is 4.99 Å². The normalized spacial score (nSPS) is 22.8. The van der Waals surface area contributed by atoms with E-state index in [1.165, 1.54) is 0 Å². The van der Waals surface area contributed by atoms with Crippen molar-refractivity contribution in [3.8, 4) is 5.75 Å². The Bertz CT molecular complexity index is 1010. The van der Waals surface area contributed by atoms with Gasteiger partial charge in [0.25, 0.3) is 0 Å². The van der Waals surface area contributed by atoms with Crippen LogP contribution in [0.2, 0.25) is 10.0 Å². The fourth-order valence-corrected chi connectivity index (χ4v) is 6.92. The predicted octanol–water partition coefficient (Wildman–Crippen LogP) is 4.28. The maximum atomic E-state index is 12.1. The number of nitrogens with zero attached hydrogens (tertiary/aromatic N) is 2. The number of methoxy groups -OCH3 is 1. The van der Waals surface area contributed by atoms with Gasteiger partial charge < -0.3 is 9.64 Å². The van der Waals surface area contributed by atoms with Gasteiger partial charge in [-0.15, -0.1) is 0 Å². The minimum atomic E-state index is -3.10. The zero-order valence-electron chi connectivity index (χ0n) is 15.0. The summed E-state index contributed by atoms with van der Waals surface area (Å²) in [5.41, 5.74) is 1.89. The predicted molar refractivity (Wildman–Crippen MR) is 117 cm³/mol. The van der Waals surface area contributed by atoms with Crippen molar-refractivity contribution in [3.05, 3.63) is 58.1 Å². The fraction of sp³-hybridized carbons (Fsp3) is 0.316. The van der Waals surface area contributed by atoms with Gasteiger partial charge in [-0.05, 0) is 35.9 Å². The van der Waals surface area contributed by atoms with Crippen molar-refractivity contribution in [2.45, 2.75) is 17.8 Å². The van der Waals surface area contributed by atoms with Gasteiger partial charge in [0.15, 0.2) is 15.0 Å². The number of hydrogen-bond acceptors (Lipinski definition) is 6. The van der Waals surface area contributed by atoms with Crippen LogP contribution in [0.15, 0.2) is 47.5 Å². The molecule has 28 heavy (non-hydrogen) atoms. The SMILES string of the molecule is COc1ccc(CSC2=NC3CS(=O)(=O)CC3N2c2cc(Cl)cc(Cl)c2)cc1. The van der Waals surface area contributed by atoms with E-state index in [1.807, 2.05) is 29.2 Å². The minimum absolute atomic E-state index is 0.0784. The first-order chi connectivity index (χ1) is 13.3. The molecule has 0 aliphatic carbocycles. The molecule has 0 amide bonds. The monoisotopic (exact) mass is 456 g/mol. The molecule has 148 valence electrons. The number of fused-ring (bicyclic) bond motifs is 1. The van der Waals surface area contributed by atoms with E-state index in [-0.39, 0.29) is 23.6 Å². The molecule has 2 heterocycles. The largest absolute Gasteiger partial charge is 0.497 e. The highest BCUT2D eigenvalue weighted by atomic mass is 35.5. The molecule has 1 fully saturated rings. The fourth-order valence-electron chi connectivity index (χ4n) is 3.48. The molecule has 0 saturated carbocycles. The molecule has 0 aromatic heterocycles. The molecule has 2 atom stereocenters. The van der Waals surface area contributed by atoms with Crippen LogP contribution >= 0.6 is 35.0 Å². The Morgan fingerprint density at radius 2 is 1.82 bits per heavy atom. The van der Waals surface area contributed by atoms with E-state index in [1.54, 1.807) is 37.1 Å². The molecule has 9 heteroatoms. The van der Waals surface area contributed by atoms with Gasteiger partial charge >= 0.3 is 0 Å². The van der Waals surface area contributed by atoms with Crippen molar-refractivity contribution in [1.29, 1.82) is 0 Å². The summed E-state index contributed by atoms with van der Waals surface area (Å²) in [5.74, 6) is 1.68. The molecule has 2 unspecified atom stereocenters. The quantitative estimate of drug-likeness (QED) is 0.686. The molecule has 0 bridgehead atoms. The second-order valence-electron chi connectivity index (χ2n) is 6.76. The number of benzene rings is 2. The maximum absolute atomic E-state index is 12.1. The number of thioether (sulfide) groups is 1. The summed E-state index contributed by atoms with van der Waals surface area (Å²) in [7, 11) is -1.47. The molecule has 0 radical (unpaired) electrons. The van der Waals surface area contributed by atoms with Crippen molar-refractivity contribution in [2.75, 3.05) is 23.5 Å². The van der Waals surface area contributed by atoms with E-state index in [4.69, 9.17) is 32.9 Å². The Morgan fingerprint density at radius 1 is 1.14 bits per heavy atom. The van der Waals surface area contributed by atoms with Gasteiger partial charge in [-0.2, -0.15) is 0 Å². The van der Waals surface area contributed by atoms with Crippen LogP contribution in [-0.4, -0.2) is 44.3 Å². The number of ether oxygens (including phenoxy) is 1. The topological polar surface area (TPSA) is 59.0 Å². The molecule has 1 saturated heterocycles. The standard InChI is InChI=1S/C19H18Cl2N2O3S2/c1-26-16-4-2-12(3-5-16)9-27-19-22-17-10-28(24,25)11-18(17)23(19)15-7-13(20)6-14(21)8-15/h2-8,17-18H,9-11H2,1H3. The first kappa shape index (κ1) is 19.9. The van der Waals surface area contributed by atoms with Crippen LogP contribution in [0.3, 0.4) is 0 Å². The van der Waals surface area contributed by atoms with Crippen LogP contribution in [0.4, 0.5) is 5.69 Å². The minimum Gasteiger partial charge on any atom is -0.497 e. The molecular formula is C19H18Cl2N2O3S2. The third-order valence-electron chi connectivity index (χ3n) is 4.76. The first-order valence-electron chi connectivity index (χ1n) is 8.64. The average Bonchev–Trinajstić information content (AvgIpc) is 3.10. The van der Waals surface area contributed by atoms with Crippen molar-refractivity contribution >= 4 is 55.7 Å². The van der Waals surface area contributed by atoms with E-state index in [9.17, 15) is 8.42 Å². The number of amidine groups is 1. The van der Waals surface area contributed by atoms with Crippen LogP contribution in [0.5, 0.6) is 5.75 Å².